The van der Waals surface area contributed by atoms with Crippen molar-refractivity contribution in [2.75, 3.05) is 23.9 Å². The van der Waals surface area contributed by atoms with Gasteiger partial charge in [0.15, 0.2) is 0 Å². The molecule has 1 fully saturated rings. The van der Waals surface area contributed by atoms with Gasteiger partial charge in [-0.05, 0) is 6.42 Å². The first-order valence-corrected chi connectivity index (χ1v) is 5.44. The van der Waals surface area contributed by atoms with E-state index in [0.29, 0.717) is 6.61 Å². The smallest absolute Gasteiger partial charge is 0.0441 e. The summed E-state index contributed by atoms with van der Waals surface area (Å²) in [5.41, 5.74) is 0. The van der Waals surface area contributed by atoms with Crippen molar-refractivity contribution in [2.24, 2.45) is 0 Å². The molecule has 1 atom stereocenters. The molecule has 1 heterocycles. The van der Waals surface area contributed by atoms with Crippen LogP contribution in [0.5, 0.6) is 0 Å². The molecule has 0 amide bonds. The molecule has 5 heteroatoms. The fraction of sp³-hybridized carbons (Fsp3) is 1.00. The van der Waals surface area contributed by atoms with Crippen LogP contribution in [0.4, 0.5) is 0 Å². The maximum Gasteiger partial charge on any atom is 0.0441 e. The molecule has 0 spiro atoms. The third kappa shape index (κ3) is 6.46. The Morgan fingerprint density at radius 3 is 2.55 bits per heavy atom. The molecule has 0 radical (unpaired) electrons. The summed E-state index contributed by atoms with van der Waals surface area (Å²) in [6.07, 6.45) is 0.984. The Morgan fingerprint density at radius 2 is 2.09 bits per heavy atom. The second-order valence-corrected chi connectivity index (χ2v) is 4.64. The molecule has 1 rings (SSSR count). The monoisotopic (exact) mass is 234 g/mol. The van der Waals surface area contributed by atoms with Crippen molar-refractivity contribution in [1.82, 2.24) is 0 Å². The van der Waals surface area contributed by atoms with Gasteiger partial charge in [-0.2, -0.15) is 23.5 Å². The van der Waals surface area contributed by atoms with Gasteiger partial charge in [-0.15, -0.1) is 0 Å². The lowest BCUT2D eigenvalue weighted by atomic mass is 10.3. The molecule has 1 aliphatic heterocycles. The van der Waals surface area contributed by atoms with E-state index in [2.05, 4.69) is 0 Å². The number of rotatable bonds is 2. The lowest BCUT2D eigenvalue weighted by Crippen LogP contribution is -3.00. The molecule has 0 aromatic carbocycles. The SMILES string of the molecule is OCCC1CSCCS1.[Cl-].[SH3+]. The van der Waals surface area contributed by atoms with Crippen LogP contribution in [0.3, 0.4) is 0 Å². The van der Waals surface area contributed by atoms with E-state index < -0.39 is 0 Å². The Bertz CT molecular complexity index is 75.5. The van der Waals surface area contributed by atoms with E-state index in [1.165, 1.54) is 17.3 Å². The summed E-state index contributed by atoms with van der Waals surface area (Å²) in [6.45, 7) is 0.359. The molecular formula is C6H15ClOS3. The summed E-state index contributed by atoms with van der Waals surface area (Å²) >= 11 is 4.02. The zero-order valence-corrected chi connectivity index (χ0v) is 9.88. The molecule has 0 aromatic heterocycles. The average molecular weight is 235 g/mol. The van der Waals surface area contributed by atoms with Crippen LogP contribution in [-0.4, -0.2) is 34.2 Å². The molecule has 0 aliphatic carbocycles. The summed E-state index contributed by atoms with van der Waals surface area (Å²) in [6, 6.07) is 0. The van der Waals surface area contributed by atoms with Gasteiger partial charge in [0, 0.05) is 29.1 Å². The van der Waals surface area contributed by atoms with E-state index in [1.54, 1.807) is 0 Å². The highest BCUT2D eigenvalue weighted by atomic mass is 35.5. The predicted molar refractivity (Wildman–Crippen MR) is 56.8 cm³/mol. The lowest BCUT2D eigenvalue weighted by Gasteiger charge is -2.19. The van der Waals surface area contributed by atoms with Crippen molar-refractivity contribution in [3.05, 3.63) is 0 Å². The lowest BCUT2D eigenvalue weighted by molar-refractivity contribution is -0.00000306. The molecule has 1 N–H and O–H groups in total. The van der Waals surface area contributed by atoms with Crippen LogP contribution < -0.4 is 12.4 Å². The largest absolute Gasteiger partial charge is 1.00 e. The fourth-order valence-electron chi connectivity index (χ4n) is 0.847. The standard InChI is InChI=1S/C6H12OS2.ClH.H2S/c7-2-1-6-5-8-3-4-9-6;;/h6-7H,1-5H2;1H;1H2. The van der Waals surface area contributed by atoms with Gasteiger partial charge in [-0.25, -0.2) is 0 Å². The molecular weight excluding hydrogens is 220 g/mol. The quantitative estimate of drug-likeness (QED) is 0.530. The van der Waals surface area contributed by atoms with E-state index >= 15 is 0 Å². The van der Waals surface area contributed by atoms with Gasteiger partial charge in [0.1, 0.15) is 0 Å². The molecule has 1 saturated heterocycles. The normalized spacial score (nSPS) is 23.2. The number of hydrogen-bond acceptors (Lipinski definition) is 3. The van der Waals surface area contributed by atoms with Crippen LogP contribution in [0.2, 0.25) is 0 Å². The van der Waals surface area contributed by atoms with Crippen LogP contribution in [-0.2, 0) is 13.5 Å². The molecule has 1 nitrogen and oxygen atoms in total. The molecule has 11 heavy (non-hydrogen) atoms. The predicted octanol–water partition coefficient (Wildman–Crippen LogP) is -2.58. The maximum atomic E-state index is 8.60. The molecule has 1 aliphatic rings. The van der Waals surface area contributed by atoms with Crippen molar-refractivity contribution >= 4 is 37.0 Å². The minimum atomic E-state index is 0. The number of thioether (sulfide) groups is 2. The zero-order chi connectivity index (χ0) is 6.53. The van der Waals surface area contributed by atoms with Crippen molar-refractivity contribution < 1.29 is 17.5 Å². The number of hydrogen-bond donors (Lipinski definition) is 1. The highest BCUT2D eigenvalue weighted by molar-refractivity contribution is 8.06. The van der Waals surface area contributed by atoms with Crippen LogP contribution in [0.15, 0.2) is 0 Å². The second-order valence-electron chi connectivity index (χ2n) is 2.08. The minimum absolute atomic E-state index is 0. The molecule has 1 unspecified atom stereocenters. The number of aliphatic hydroxyl groups excluding tert-OH is 1. The molecule has 0 aromatic rings. The van der Waals surface area contributed by atoms with E-state index in [0.717, 1.165) is 11.7 Å². The molecule has 70 valence electrons. The Kier molecular flexibility index (Phi) is 12.6. The summed E-state index contributed by atoms with van der Waals surface area (Å²) in [7, 11) is 0. The van der Waals surface area contributed by atoms with Gasteiger partial charge >= 0.3 is 0 Å². The first kappa shape index (κ1) is 14.8. The maximum absolute atomic E-state index is 8.60. The first-order valence-electron chi connectivity index (χ1n) is 3.23. The highest BCUT2D eigenvalue weighted by Crippen LogP contribution is 2.25. The minimum Gasteiger partial charge on any atom is -1.00 e. The number of halogens is 1. The van der Waals surface area contributed by atoms with Crippen molar-refractivity contribution in [1.29, 1.82) is 0 Å². The highest BCUT2D eigenvalue weighted by Gasteiger charge is 2.12. The van der Waals surface area contributed by atoms with Crippen molar-refractivity contribution in [2.45, 2.75) is 11.7 Å². The molecule has 0 saturated carbocycles. The van der Waals surface area contributed by atoms with Gasteiger partial charge in [-0.3, -0.25) is 0 Å². The van der Waals surface area contributed by atoms with Crippen LogP contribution >= 0.6 is 23.5 Å². The van der Waals surface area contributed by atoms with Crippen LogP contribution in [0, 0.1) is 0 Å². The van der Waals surface area contributed by atoms with E-state index in [-0.39, 0.29) is 25.9 Å². The molecule has 0 bridgehead atoms. The van der Waals surface area contributed by atoms with Crippen molar-refractivity contribution in [3.63, 3.8) is 0 Å². The Balaban J connectivity index is 0. The van der Waals surface area contributed by atoms with E-state index in [4.69, 9.17) is 5.11 Å². The van der Waals surface area contributed by atoms with Gasteiger partial charge in [0.05, 0.1) is 0 Å². The van der Waals surface area contributed by atoms with Gasteiger partial charge < -0.3 is 17.5 Å². The van der Waals surface area contributed by atoms with Gasteiger partial charge in [-0.1, -0.05) is 13.5 Å². The fourth-order valence-corrected chi connectivity index (χ4v) is 3.58. The average Bonchev–Trinajstić information content (AvgIpc) is 1.91. The Labute approximate surface area is 89.9 Å². The van der Waals surface area contributed by atoms with Crippen molar-refractivity contribution in [3.8, 4) is 0 Å². The number of aliphatic hydroxyl groups is 1. The van der Waals surface area contributed by atoms with Crippen LogP contribution in [0.25, 0.3) is 0 Å². The Hall–Kier alpha value is 1.30. The van der Waals surface area contributed by atoms with E-state index in [1.807, 2.05) is 23.5 Å². The first-order chi connectivity index (χ1) is 4.43. The summed E-state index contributed by atoms with van der Waals surface area (Å²) in [5.74, 6) is 3.81. The van der Waals surface area contributed by atoms with Crippen LogP contribution in [0.1, 0.15) is 6.42 Å². The Morgan fingerprint density at radius 1 is 1.36 bits per heavy atom. The third-order valence-electron chi connectivity index (χ3n) is 1.34. The zero-order valence-electron chi connectivity index (χ0n) is 6.33. The second kappa shape index (κ2) is 9.39. The summed E-state index contributed by atoms with van der Waals surface area (Å²) in [4.78, 5) is 0. The van der Waals surface area contributed by atoms with Gasteiger partial charge in [0.2, 0.25) is 0 Å². The summed E-state index contributed by atoms with van der Waals surface area (Å²) in [5, 5.41) is 9.33. The third-order valence-corrected chi connectivity index (χ3v) is 4.25. The summed E-state index contributed by atoms with van der Waals surface area (Å²) < 4.78 is 0. The van der Waals surface area contributed by atoms with Gasteiger partial charge in [0.25, 0.3) is 0 Å². The van der Waals surface area contributed by atoms with E-state index in [9.17, 15) is 0 Å². The topological polar surface area (TPSA) is 20.2 Å².